The molecule has 0 aromatic carbocycles. The van der Waals surface area contributed by atoms with E-state index in [0.717, 1.165) is 25.8 Å². The Bertz CT molecular complexity index is 193. The van der Waals surface area contributed by atoms with Gasteiger partial charge in [-0.15, -0.1) is 0 Å². The van der Waals surface area contributed by atoms with E-state index in [1.807, 2.05) is 20.8 Å². The smallest absolute Gasteiger partial charge is 0.408 e. The van der Waals surface area contributed by atoms with Crippen LogP contribution in [0.1, 0.15) is 40.0 Å². The molecule has 0 aromatic heterocycles. The maximum atomic E-state index is 11.3. The molecule has 1 amide bonds. The molecule has 1 heterocycles. The Morgan fingerprint density at radius 3 is 2.64 bits per heavy atom. The highest BCUT2D eigenvalue weighted by molar-refractivity contribution is 5.68. The molecule has 1 aliphatic heterocycles. The Kier molecular flexibility index (Phi) is 3.75. The van der Waals surface area contributed by atoms with Gasteiger partial charge in [-0.3, -0.25) is 0 Å². The first-order valence-electron chi connectivity index (χ1n) is 5.13. The summed E-state index contributed by atoms with van der Waals surface area (Å²) < 4.78 is 5.13. The third-order valence-corrected chi connectivity index (χ3v) is 1.92. The van der Waals surface area contributed by atoms with E-state index >= 15 is 0 Å². The van der Waals surface area contributed by atoms with Crippen LogP contribution >= 0.6 is 0 Å². The van der Waals surface area contributed by atoms with Gasteiger partial charge in [0, 0.05) is 6.54 Å². The van der Waals surface area contributed by atoms with Gasteiger partial charge in [-0.05, 0) is 40.0 Å². The van der Waals surface area contributed by atoms with Crippen LogP contribution in [-0.4, -0.2) is 24.4 Å². The molecule has 1 atom stereocenters. The zero-order valence-corrected chi connectivity index (χ0v) is 9.17. The predicted octanol–water partition coefficient (Wildman–Crippen LogP) is 1.63. The molecule has 0 spiro atoms. The minimum absolute atomic E-state index is 0.0430. The molecule has 1 N–H and O–H groups in total. The number of hydrogen-bond donors (Lipinski definition) is 1. The molecule has 1 fully saturated rings. The van der Waals surface area contributed by atoms with Crippen LogP contribution in [-0.2, 0) is 4.74 Å². The molecule has 1 saturated heterocycles. The van der Waals surface area contributed by atoms with Crippen LogP contribution in [0.5, 0.6) is 0 Å². The van der Waals surface area contributed by atoms with Gasteiger partial charge in [-0.2, -0.15) is 0 Å². The van der Waals surface area contributed by atoms with Gasteiger partial charge >= 0.3 is 6.09 Å². The number of nitrogens with one attached hydrogen (secondary N) is 1. The van der Waals surface area contributed by atoms with Crippen molar-refractivity contribution in [1.29, 1.82) is 0 Å². The molecule has 1 rings (SSSR count). The molecule has 0 aromatic rings. The van der Waals surface area contributed by atoms with Gasteiger partial charge in [-0.1, -0.05) is 0 Å². The van der Waals surface area contributed by atoms with E-state index in [1.54, 1.807) is 0 Å². The summed E-state index contributed by atoms with van der Waals surface area (Å²) in [6.45, 7) is 6.40. The van der Waals surface area contributed by atoms with Crippen molar-refractivity contribution in [1.82, 2.24) is 10.6 Å². The van der Waals surface area contributed by atoms with Gasteiger partial charge in [-0.25, -0.2) is 10.1 Å². The van der Waals surface area contributed by atoms with E-state index < -0.39 is 5.60 Å². The minimum Gasteiger partial charge on any atom is -0.444 e. The zero-order chi connectivity index (χ0) is 10.6. The summed E-state index contributed by atoms with van der Waals surface area (Å²) in [4.78, 5) is 11.3. The number of amides is 1. The molecule has 1 radical (unpaired) electrons. The number of rotatable bonds is 1. The van der Waals surface area contributed by atoms with Gasteiger partial charge in [0.15, 0.2) is 0 Å². The summed E-state index contributed by atoms with van der Waals surface area (Å²) in [7, 11) is 0. The second-order valence-corrected chi connectivity index (χ2v) is 4.56. The Morgan fingerprint density at radius 2 is 2.14 bits per heavy atom. The maximum absolute atomic E-state index is 11.3. The van der Waals surface area contributed by atoms with Crippen LogP contribution in [0.3, 0.4) is 0 Å². The van der Waals surface area contributed by atoms with E-state index in [0.29, 0.717) is 0 Å². The van der Waals surface area contributed by atoms with E-state index in [2.05, 4.69) is 10.6 Å². The maximum Gasteiger partial charge on any atom is 0.408 e. The lowest BCUT2D eigenvalue weighted by Gasteiger charge is -2.25. The van der Waals surface area contributed by atoms with E-state index in [-0.39, 0.29) is 12.3 Å². The summed E-state index contributed by atoms with van der Waals surface area (Å²) in [6.07, 6.45) is 2.78. The molecular formula is C10H19N2O2. The summed E-state index contributed by atoms with van der Waals surface area (Å²) in [5, 5.41) is 7.04. The topological polar surface area (TPSA) is 52.4 Å². The van der Waals surface area contributed by atoms with E-state index in [1.165, 1.54) is 0 Å². The van der Waals surface area contributed by atoms with Crippen LogP contribution in [0.25, 0.3) is 0 Å². The van der Waals surface area contributed by atoms with E-state index in [4.69, 9.17) is 4.74 Å². The zero-order valence-electron chi connectivity index (χ0n) is 9.17. The largest absolute Gasteiger partial charge is 0.444 e. The van der Waals surface area contributed by atoms with Crippen molar-refractivity contribution in [3.8, 4) is 0 Å². The molecule has 0 bridgehead atoms. The predicted molar refractivity (Wildman–Crippen MR) is 54.0 cm³/mol. The Hall–Kier alpha value is -0.770. The highest BCUT2D eigenvalue weighted by Crippen LogP contribution is 2.09. The monoisotopic (exact) mass is 199 g/mol. The molecule has 14 heavy (non-hydrogen) atoms. The first-order valence-corrected chi connectivity index (χ1v) is 5.13. The second-order valence-electron chi connectivity index (χ2n) is 4.56. The van der Waals surface area contributed by atoms with Crippen molar-refractivity contribution in [2.45, 2.75) is 51.8 Å². The molecule has 0 saturated carbocycles. The van der Waals surface area contributed by atoms with Gasteiger partial charge in [0.25, 0.3) is 0 Å². The summed E-state index contributed by atoms with van der Waals surface area (Å²) in [5.41, 5.74) is -0.432. The average molecular weight is 199 g/mol. The first kappa shape index (κ1) is 11.3. The van der Waals surface area contributed by atoms with Gasteiger partial charge in [0.1, 0.15) is 5.60 Å². The van der Waals surface area contributed by atoms with Crippen molar-refractivity contribution >= 4 is 6.09 Å². The second kappa shape index (κ2) is 4.64. The molecule has 4 nitrogen and oxygen atoms in total. The average Bonchev–Trinajstić information content (AvgIpc) is 2.02. The fraction of sp³-hybridized carbons (Fsp3) is 0.900. The summed E-state index contributed by atoms with van der Waals surface area (Å²) in [6, 6.07) is 0. The number of nitrogens with zero attached hydrogens (tertiary/aromatic N) is 1. The number of carbonyl (C=O) groups is 1. The standard InChI is InChI=1S/C10H19N2O2/c1-10(2,3)14-9(13)12-8-6-4-5-7-11-8/h8H,4-7H2,1-3H3,(H,12,13)/t8-/m0/s1. The van der Waals surface area contributed by atoms with Crippen LogP contribution in [0.15, 0.2) is 0 Å². The fourth-order valence-corrected chi connectivity index (χ4v) is 1.35. The van der Waals surface area contributed by atoms with Crippen molar-refractivity contribution in [3.63, 3.8) is 0 Å². The molecule has 1 aliphatic rings. The van der Waals surface area contributed by atoms with Crippen molar-refractivity contribution in [2.24, 2.45) is 0 Å². The number of alkyl carbamates (subject to hydrolysis) is 1. The summed E-state index contributed by atoms with van der Waals surface area (Å²) >= 11 is 0. The van der Waals surface area contributed by atoms with Crippen molar-refractivity contribution < 1.29 is 9.53 Å². The normalized spacial score (nSPS) is 22.9. The molecule has 0 unspecified atom stereocenters. The van der Waals surface area contributed by atoms with Crippen molar-refractivity contribution in [3.05, 3.63) is 0 Å². The van der Waals surface area contributed by atoms with Gasteiger partial charge in [0.05, 0.1) is 6.17 Å². The third-order valence-electron chi connectivity index (χ3n) is 1.92. The quantitative estimate of drug-likeness (QED) is 0.697. The number of piperidine rings is 1. The Labute approximate surface area is 85.4 Å². The highest BCUT2D eigenvalue weighted by Gasteiger charge is 2.20. The third kappa shape index (κ3) is 4.46. The van der Waals surface area contributed by atoms with Crippen molar-refractivity contribution in [2.75, 3.05) is 6.54 Å². The SMILES string of the molecule is CC(C)(C)OC(=O)N[C@H]1CCCC[N]1. The lowest BCUT2D eigenvalue weighted by atomic mass is 10.1. The van der Waals surface area contributed by atoms with Crippen LogP contribution < -0.4 is 10.6 Å². The van der Waals surface area contributed by atoms with Crippen LogP contribution in [0.2, 0.25) is 0 Å². The van der Waals surface area contributed by atoms with Crippen LogP contribution in [0, 0.1) is 0 Å². The minimum atomic E-state index is -0.432. The lowest BCUT2D eigenvalue weighted by molar-refractivity contribution is 0.0484. The number of hydrogen-bond acceptors (Lipinski definition) is 2. The first-order chi connectivity index (χ1) is 6.47. The number of carbonyl (C=O) groups excluding carboxylic acids is 1. The van der Waals surface area contributed by atoms with E-state index in [9.17, 15) is 4.79 Å². The number of ether oxygens (including phenoxy) is 1. The molecule has 4 heteroatoms. The van der Waals surface area contributed by atoms with Gasteiger partial charge in [0.2, 0.25) is 0 Å². The fourth-order valence-electron chi connectivity index (χ4n) is 1.35. The molecule has 0 aliphatic carbocycles. The molecule has 81 valence electrons. The highest BCUT2D eigenvalue weighted by atomic mass is 16.6. The van der Waals surface area contributed by atoms with Crippen LogP contribution in [0.4, 0.5) is 4.79 Å². The Balaban J connectivity index is 2.25. The lowest BCUT2D eigenvalue weighted by Crippen LogP contribution is -2.45. The van der Waals surface area contributed by atoms with Gasteiger partial charge < -0.3 is 10.1 Å². The summed E-state index contributed by atoms with van der Waals surface area (Å²) in [5.74, 6) is 0. The Morgan fingerprint density at radius 1 is 1.43 bits per heavy atom. The molecular weight excluding hydrogens is 180 g/mol.